The molecule has 0 heterocycles. The summed E-state index contributed by atoms with van der Waals surface area (Å²) in [6.07, 6.45) is -5.76. The molecule has 0 bridgehead atoms. The van der Waals surface area contributed by atoms with Crippen molar-refractivity contribution < 1.29 is 22.7 Å². The number of rotatable bonds is 1. The van der Waals surface area contributed by atoms with Crippen molar-refractivity contribution in [2.24, 2.45) is 0 Å². The fraction of sp³-hybridized carbons (Fsp3) is 0.333. The van der Waals surface area contributed by atoms with Gasteiger partial charge in [-0.15, -0.1) is 0 Å². The Labute approximate surface area is 91.9 Å². The van der Waals surface area contributed by atoms with E-state index in [-0.39, 0.29) is 10.0 Å². The molecule has 0 radical (unpaired) electrons. The van der Waals surface area contributed by atoms with Crippen LogP contribution in [-0.4, -0.2) is 5.11 Å². The minimum atomic E-state index is -4.60. The van der Waals surface area contributed by atoms with Crippen molar-refractivity contribution in [3.63, 3.8) is 0 Å². The highest BCUT2D eigenvalue weighted by atomic mass is 79.9. The van der Waals surface area contributed by atoms with Crippen molar-refractivity contribution in [3.8, 4) is 0 Å². The summed E-state index contributed by atoms with van der Waals surface area (Å²) in [5.41, 5.74) is -1.26. The average molecular weight is 287 g/mol. The maximum absolute atomic E-state index is 13.2. The van der Waals surface area contributed by atoms with Gasteiger partial charge < -0.3 is 5.11 Å². The molecule has 1 rings (SSSR count). The molecule has 0 amide bonds. The zero-order valence-electron chi connectivity index (χ0n) is 7.57. The number of aliphatic hydroxyl groups excluding tert-OH is 1. The standard InChI is InChI=1S/C9H7BrF4O/c1-4(15)8-6(10)2-5(3-7(8)11)9(12,13)14/h2-4,15H,1H3. The Bertz CT molecular complexity index is 350. The van der Waals surface area contributed by atoms with Crippen LogP contribution in [0.3, 0.4) is 0 Å². The molecule has 0 fully saturated rings. The second-order valence-electron chi connectivity index (χ2n) is 3.03. The van der Waals surface area contributed by atoms with Gasteiger partial charge in [-0.1, -0.05) is 15.9 Å². The van der Waals surface area contributed by atoms with Crippen LogP contribution in [0.2, 0.25) is 0 Å². The van der Waals surface area contributed by atoms with Gasteiger partial charge >= 0.3 is 6.18 Å². The van der Waals surface area contributed by atoms with Crippen LogP contribution in [0.4, 0.5) is 17.6 Å². The summed E-state index contributed by atoms with van der Waals surface area (Å²) in [4.78, 5) is 0. The molecule has 1 aromatic rings. The van der Waals surface area contributed by atoms with E-state index in [1.807, 2.05) is 0 Å². The number of alkyl halides is 3. The first-order valence-electron chi connectivity index (χ1n) is 3.97. The molecule has 1 unspecified atom stereocenters. The summed E-state index contributed by atoms with van der Waals surface area (Å²) in [6.45, 7) is 1.27. The third-order valence-electron chi connectivity index (χ3n) is 1.82. The largest absolute Gasteiger partial charge is 0.416 e. The first kappa shape index (κ1) is 12.4. The molecule has 0 aliphatic carbocycles. The zero-order chi connectivity index (χ0) is 11.8. The molecule has 84 valence electrons. The molecule has 0 aromatic heterocycles. The van der Waals surface area contributed by atoms with E-state index in [1.54, 1.807) is 0 Å². The third-order valence-corrected chi connectivity index (χ3v) is 2.48. The molecule has 6 heteroatoms. The van der Waals surface area contributed by atoms with Gasteiger partial charge in [0, 0.05) is 10.0 Å². The molecular formula is C9H7BrF4O. The van der Waals surface area contributed by atoms with E-state index in [1.165, 1.54) is 6.92 Å². The predicted octanol–water partition coefficient (Wildman–Crippen LogP) is 3.66. The molecule has 15 heavy (non-hydrogen) atoms. The van der Waals surface area contributed by atoms with Crippen LogP contribution < -0.4 is 0 Å². The summed E-state index contributed by atoms with van der Waals surface area (Å²) < 4.78 is 49.8. The van der Waals surface area contributed by atoms with Crippen LogP contribution in [0.25, 0.3) is 0 Å². The molecule has 0 saturated carbocycles. The molecule has 1 atom stereocenters. The quantitative estimate of drug-likeness (QED) is 0.781. The molecular weight excluding hydrogens is 280 g/mol. The molecule has 1 nitrogen and oxygen atoms in total. The fourth-order valence-corrected chi connectivity index (χ4v) is 1.91. The van der Waals surface area contributed by atoms with Crippen molar-refractivity contribution in [1.82, 2.24) is 0 Å². The Morgan fingerprint density at radius 1 is 1.33 bits per heavy atom. The summed E-state index contributed by atoms with van der Waals surface area (Å²) in [5, 5.41) is 9.13. The third kappa shape index (κ3) is 2.69. The minimum Gasteiger partial charge on any atom is -0.389 e. The second kappa shape index (κ2) is 4.09. The number of hydrogen-bond acceptors (Lipinski definition) is 1. The Kier molecular flexibility index (Phi) is 3.40. The van der Waals surface area contributed by atoms with Gasteiger partial charge in [0.15, 0.2) is 0 Å². The number of halogens is 5. The van der Waals surface area contributed by atoms with Crippen molar-refractivity contribution in [2.75, 3.05) is 0 Å². The van der Waals surface area contributed by atoms with E-state index in [4.69, 9.17) is 5.11 Å². The molecule has 0 aliphatic heterocycles. The summed E-state index contributed by atoms with van der Waals surface area (Å²) in [5.74, 6) is -1.08. The summed E-state index contributed by atoms with van der Waals surface area (Å²) in [6, 6.07) is 1.11. The highest BCUT2D eigenvalue weighted by Crippen LogP contribution is 2.35. The van der Waals surface area contributed by atoms with Gasteiger partial charge in [-0.25, -0.2) is 4.39 Å². The molecule has 0 saturated heterocycles. The van der Waals surface area contributed by atoms with Crippen molar-refractivity contribution in [3.05, 3.63) is 33.5 Å². The zero-order valence-corrected chi connectivity index (χ0v) is 9.16. The van der Waals surface area contributed by atoms with Gasteiger partial charge in [-0.05, 0) is 19.1 Å². The lowest BCUT2D eigenvalue weighted by Crippen LogP contribution is -2.08. The smallest absolute Gasteiger partial charge is 0.389 e. The number of benzene rings is 1. The molecule has 0 spiro atoms. The highest BCUT2D eigenvalue weighted by molar-refractivity contribution is 9.10. The second-order valence-corrected chi connectivity index (χ2v) is 3.88. The van der Waals surface area contributed by atoms with Gasteiger partial charge in [0.1, 0.15) is 5.82 Å². The van der Waals surface area contributed by atoms with Crippen LogP contribution in [0.15, 0.2) is 16.6 Å². The van der Waals surface area contributed by atoms with E-state index in [2.05, 4.69) is 15.9 Å². The maximum Gasteiger partial charge on any atom is 0.416 e. The van der Waals surface area contributed by atoms with Gasteiger partial charge in [-0.3, -0.25) is 0 Å². The van der Waals surface area contributed by atoms with Gasteiger partial charge in [0.2, 0.25) is 0 Å². The number of hydrogen-bond donors (Lipinski definition) is 1. The average Bonchev–Trinajstić information content (AvgIpc) is 1.99. The lowest BCUT2D eigenvalue weighted by Gasteiger charge is -2.13. The normalized spacial score (nSPS) is 14.1. The highest BCUT2D eigenvalue weighted by Gasteiger charge is 2.32. The monoisotopic (exact) mass is 286 g/mol. The fourth-order valence-electron chi connectivity index (χ4n) is 1.15. The van der Waals surface area contributed by atoms with Gasteiger partial charge in [-0.2, -0.15) is 13.2 Å². The Morgan fingerprint density at radius 2 is 1.87 bits per heavy atom. The van der Waals surface area contributed by atoms with Crippen molar-refractivity contribution in [1.29, 1.82) is 0 Å². The van der Waals surface area contributed by atoms with Crippen LogP contribution in [0.1, 0.15) is 24.2 Å². The van der Waals surface area contributed by atoms with E-state index in [0.717, 1.165) is 6.07 Å². The predicted molar refractivity (Wildman–Crippen MR) is 49.7 cm³/mol. The van der Waals surface area contributed by atoms with E-state index in [0.29, 0.717) is 6.07 Å². The van der Waals surface area contributed by atoms with Crippen LogP contribution >= 0.6 is 15.9 Å². The first-order chi connectivity index (χ1) is 6.73. The lowest BCUT2D eigenvalue weighted by atomic mass is 10.1. The molecule has 0 aliphatic rings. The van der Waals surface area contributed by atoms with Crippen LogP contribution in [-0.2, 0) is 6.18 Å². The lowest BCUT2D eigenvalue weighted by molar-refractivity contribution is -0.137. The SMILES string of the molecule is CC(O)c1c(F)cc(C(F)(F)F)cc1Br. The number of aliphatic hydroxyl groups is 1. The van der Waals surface area contributed by atoms with Gasteiger partial charge in [0.25, 0.3) is 0 Å². The Morgan fingerprint density at radius 3 is 2.20 bits per heavy atom. The molecule has 1 N–H and O–H groups in total. The maximum atomic E-state index is 13.2. The van der Waals surface area contributed by atoms with Crippen LogP contribution in [0, 0.1) is 5.82 Å². The minimum absolute atomic E-state index is 0.0928. The summed E-state index contributed by atoms with van der Waals surface area (Å²) >= 11 is 2.79. The first-order valence-corrected chi connectivity index (χ1v) is 4.77. The Hall–Kier alpha value is -0.620. The van der Waals surface area contributed by atoms with E-state index >= 15 is 0 Å². The Balaban J connectivity index is 3.32. The van der Waals surface area contributed by atoms with Crippen molar-refractivity contribution >= 4 is 15.9 Å². The topological polar surface area (TPSA) is 20.2 Å². The van der Waals surface area contributed by atoms with E-state index < -0.39 is 23.7 Å². The summed E-state index contributed by atoms with van der Waals surface area (Å²) in [7, 11) is 0. The van der Waals surface area contributed by atoms with Crippen LogP contribution in [0.5, 0.6) is 0 Å². The van der Waals surface area contributed by atoms with Crippen molar-refractivity contribution in [2.45, 2.75) is 19.2 Å². The van der Waals surface area contributed by atoms with E-state index in [9.17, 15) is 17.6 Å². The molecule has 1 aromatic carbocycles. The van der Waals surface area contributed by atoms with Gasteiger partial charge in [0.05, 0.1) is 11.7 Å².